The molecule has 0 spiro atoms. The lowest BCUT2D eigenvalue weighted by Crippen LogP contribution is -2.22. The van der Waals surface area contributed by atoms with Crippen LogP contribution in [0, 0.1) is 5.92 Å². The second-order valence-electron chi connectivity index (χ2n) is 4.28. The third kappa shape index (κ3) is 6.53. The summed E-state index contributed by atoms with van der Waals surface area (Å²) in [6.07, 6.45) is 6.26. The molecule has 0 saturated carbocycles. The Morgan fingerprint density at radius 2 is 1.80 bits per heavy atom. The van der Waals surface area contributed by atoms with Gasteiger partial charge < -0.3 is 4.74 Å². The maximum absolute atomic E-state index is 11.7. The number of esters is 1. The molecule has 0 heterocycles. The van der Waals surface area contributed by atoms with Crippen LogP contribution in [0.3, 0.4) is 0 Å². The Hall–Kier alpha value is -0.530. The molecule has 0 aliphatic rings. The summed E-state index contributed by atoms with van der Waals surface area (Å²) in [5.74, 6) is 0.121. The first-order valence-electron chi connectivity index (χ1n) is 6.36. The number of carbonyl (C=O) groups is 1. The third-order valence-corrected chi connectivity index (χ3v) is 2.74. The van der Waals surface area contributed by atoms with Crippen LogP contribution in [0.4, 0.5) is 0 Å². The van der Waals surface area contributed by atoms with Crippen molar-refractivity contribution < 1.29 is 9.53 Å². The SMILES string of the molecule is CCCCC(CC)C(=O)OC(C)CCC. The van der Waals surface area contributed by atoms with Crippen LogP contribution >= 0.6 is 0 Å². The van der Waals surface area contributed by atoms with Crippen LogP contribution in [0.25, 0.3) is 0 Å². The molecule has 0 aromatic carbocycles. The number of hydrogen-bond donors (Lipinski definition) is 0. The predicted molar refractivity (Wildman–Crippen MR) is 63.8 cm³/mol. The molecule has 0 N–H and O–H groups in total. The van der Waals surface area contributed by atoms with Crippen molar-refractivity contribution >= 4 is 5.97 Å². The van der Waals surface area contributed by atoms with E-state index in [1.54, 1.807) is 0 Å². The third-order valence-electron chi connectivity index (χ3n) is 2.74. The van der Waals surface area contributed by atoms with E-state index in [9.17, 15) is 4.79 Å². The fraction of sp³-hybridized carbons (Fsp3) is 0.923. The van der Waals surface area contributed by atoms with Crippen LogP contribution in [0.1, 0.15) is 66.2 Å². The molecule has 0 aromatic heterocycles. The van der Waals surface area contributed by atoms with Crippen molar-refractivity contribution in [1.82, 2.24) is 0 Å². The minimum Gasteiger partial charge on any atom is -0.462 e. The highest BCUT2D eigenvalue weighted by molar-refractivity contribution is 5.72. The fourth-order valence-electron chi connectivity index (χ4n) is 1.70. The van der Waals surface area contributed by atoms with Crippen LogP contribution in [-0.4, -0.2) is 12.1 Å². The van der Waals surface area contributed by atoms with Gasteiger partial charge in [-0.05, 0) is 26.2 Å². The Kier molecular flexibility index (Phi) is 8.44. The lowest BCUT2D eigenvalue weighted by atomic mass is 9.99. The highest BCUT2D eigenvalue weighted by Crippen LogP contribution is 2.16. The normalized spacial score (nSPS) is 14.7. The fourth-order valence-corrected chi connectivity index (χ4v) is 1.70. The van der Waals surface area contributed by atoms with Gasteiger partial charge >= 0.3 is 5.97 Å². The first kappa shape index (κ1) is 14.5. The van der Waals surface area contributed by atoms with Gasteiger partial charge in [-0.3, -0.25) is 4.79 Å². The van der Waals surface area contributed by atoms with E-state index < -0.39 is 0 Å². The van der Waals surface area contributed by atoms with Crippen LogP contribution in [-0.2, 0) is 9.53 Å². The zero-order valence-electron chi connectivity index (χ0n) is 10.7. The quantitative estimate of drug-likeness (QED) is 0.572. The Labute approximate surface area is 94.4 Å². The smallest absolute Gasteiger partial charge is 0.309 e. The van der Waals surface area contributed by atoms with E-state index >= 15 is 0 Å². The lowest BCUT2D eigenvalue weighted by Gasteiger charge is -2.17. The second-order valence-corrected chi connectivity index (χ2v) is 4.28. The van der Waals surface area contributed by atoms with Crippen molar-refractivity contribution in [3.63, 3.8) is 0 Å². The van der Waals surface area contributed by atoms with Crippen molar-refractivity contribution in [3.05, 3.63) is 0 Å². The molecule has 0 rings (SSSR count). The summed E-state index contributed by atoms with van der Waals surface area (Å²) in [5.41, 5.74) is 0. The van der Waals surface area contributed by atoms with E-state index in [2.05, 4.69) is 20.8 Å². The highest BCUT2D eigenvalue weighted by Gasteiger charge is 2.19. The van der Waals surface area contributed by atoms with Crippen molar-refractivity contribution in [2.24, 2.45) is 5.92 Å². The number of carbonyl (C=O) groups excluding carboxylic acids is 1. The van der Waals surface area contributed by atoms with Gasteiger partial charge in [-0.25, -0.2) is 0 Å². The summed E-state index contributed by atoms with van der Waals surface area (Å²) in [7, 11) is 0. The Balaban J connectivity index is 3.91. The van der Waals surface area contributed by atoms with Crippen LogP contribution in [0.2, 0.25) is 0 Å². The van der Waals surface area contributed by atoms with Crippen molar-refractivity contribution in [2.45, 2.75) is 72.3 Å². The average Bonchev–Trinajstić information content (AvgIpc) is 2.19. The van der Waals surface area contributed by atoms with Gasteiger partial charge in [0.2, 0.25) is 0 Å². The molecule has 0 aliphatic carbocycles. The van der Waals surface area contributed by atoms with Crippen LogP contribution in [0.15, 0.2) is 0 Å². The first-order valence-corrected chi connectivity index (χ1v) is 6.36. The zero-order valence-corrected chi connectivity index (χ0v) is 10.7. The van der Waals surface area contributed by atoms with Gasteiger partial charge in [0, 0.05) is 0 Å². The standard InChI is InChI=1S/C13H26O2/c1-5-8-10-12(7-3)13(14)15-11(4)9-6-2/h11-12H,5-10H2,1-4H3. The Morgan fingerprint density at radius 1 is 1.13 bits per heavy atom. The van der Waals surface area contributed by atoms with Crippen LogP contribution in [0.5, 0.6) is 0 Å². The summed E-state index contributed by atoms with van der Waals surface area (Å²) in [6.45, 7) is 8.30. The summed E-state index contributed by atoms with van der Waals surface area (Å²) < 4.78 is 5.40. The molecular formula is C13H26O2. The number of ether oxygens (including phenoxy) is 1. The molecular weight excluding hydrogens is 188 g/mol. The maximum atomic E-state index is 11.7. The summed E-state index contributed by atoms with van der Waals surface area (Å²) in [5, 5.41) is 0. The average molecular weight is 214 g/mol. The van der Waals surface area contributed by atoms with Gasteiger partial charge in [0.1, 0.15) is 0 Å². The summed E-state index contributed by atoms with van der Waals surface area (Å²) in [6, 6.07) is 0. The van der Waals surface area contributed by atoms with E-state index in [0.29, 0.717) is 0 Å². The highest BCUT2D eigenvalue weighted by atomic mass is 16.5. The monoisotopic (exact) mass is 214 g/mol. The van der Waals surface area contributed by atoms with E-state index in [1.807, 2.05) is 6.92 Å². The van der Waals surface area contributed by atoms with E-state index in [-0.39, 0.29) is 18.0 Å². The van der Waals surface area contributed by atoms with Gasteiger partial charge in [0.15, 0.2) is 0 Å². The molecule has 2 heteroatoms. The topological polar surface area (TPSA) is 26.3 Å². The molecule has 0 aliphatic heterocycles. The summed E-state index contributed by atoms with van der Waals surface area (Å²) >= 11 is 0. The molecule has 0 fully saturated rings. The molecule has 0 saturated heterocycles. The molecule has 0 aromatic rings. The molecule has 15 heavy (non-hydrogen) atoms. The molecule has 0 radical (unpaired) electrons. The van der Waals surface area contributed by atoms with E-state index in [1.165, 1.54) is 0 Å². The minimum absolute atomic E-state index is 0.00639. The number of rotatable bonds is 8. The van der Waals surface area contributed by atoms with Gasteiger partial charge in [-0.1, -0.05) is 40.0 Å². The van der Waals surface area contributed by atoms with Crippen LogP contribution < -0.4 is 0 Å². The second kappa shape index (κ2) is 8.75. The van der Waals surface area contributed by atoms with E-state index in [4.69, 9.17) is 4.74 Å². The molecule has 0 amide bonds. The van der Waals surface area contributed by atoms with Gasteiger partial charge in [-0.15, -0.1) is 0 Å². The Morgan fingerprint density at radius 3 is 2.27 bits per heavy atom. The van der Waals surface area contributed by atoms with Gasteiger partial charge in [0.05, 0.1) is 12.0 Å². The maximum Gasteiger partial charge on any atom is 0.309 e. The molecule has 2 unspecified atom stereocenters. The number of hydrogen-bond acceptors (Lipinski definition) is 2. The minimum atomic E-state index is 0.00639. The van der Waals surface area contributed by atoms with Crippen molar-refractivity contribution in [1.29, 1.82) is 0 Å². The zero-order chi connectivity index (χ0) is 11.7. The lowest BCUT2D eigenvalue weighted by molar-refractivity contribution is -0.154. The molecule has 0 bridgehead atoms. The van der Waals surface area contributed by atoms with Gasteiger partial charge in [-0.2, -0.15) is 0 Å². The van der Waals surface area contributed by atoms with Crippen molar-refractivity contribution in [2.75, 3.05) is 0 Å². The number of unbranched alkanes of at least 4 members (excludes halogenated alkanes) is 1. The van der Waals surface area contributed by atoms with Crippen molar-refractivity contribution in [3.8, 4) is 0 Å². The molecule has 90 valence electrons. The molecule has 2 nitrogen and oxygen atoms in total. The largest absolute Gasteiger partial charge is 0.462 e. The Bertz CT molecular complexity index is 166. The summed E-state index contributed by atoms with van der Waals surface area (Å²) in [4.78, 5) is 11.7. The van der Waals surface area contributed by atoms with Gasteiger partial charge in [0.25, 0.3) is 0 Å². The first-order chi connectivity index (χ1) is 7.15. The predicted octanol–water partition coefficient (Wildman–Crippen LogP) is 3.93. The molecule has 2 atom stereocenters. The van der Waals surface area contributed by atoms with E-state index in [0.717, 1.165) is 38.5 Å².